The quantitative estimate of drug-likeness (QED) is 0.635. The fourth-order valence-electron chi connectivity index (χ4n) is 2.21. The van der Waals surface area contributed by atoms with Crippen LogP contribution in [0.5, 0.6) is 0 Å². The Kier molecular flexibility index (Phi) is 5.41. The maximum absolute atomic E-state index is 11.8. The van der Waals surface area contributed by atoms with Crippen molar-refractivity contribution in [1.82, 2.24) is 0 Å². The molecule has 0 aromatic heterocycles. The number of rotatable bonds is 5. The monoisotopic (exact) mass is 364 g/mol. The number of hydrogen-bond donors (Lipinski definition) is 1. The van der Waals surface area contributed by atoms with Gasteiger partial charge < -0.3 is 14.6 Å². The summed E-state index contributed by atoms with van der Waals surface area (Å²) in [6, 6.07) is 15.6. The van der Waals surface area contributed by atoms with Gasteiger partial charge in [0.25, 0.3) is 0 Å². The van der Waals surface area contributed by atoms with E-state index in [1.54, 1.807) is 42.5 Å². The Balaban J connectivity index is 1.66. The minimum Gasteiger partial charge on any atom is -0.503 e. The van der Waals surface area contributed by atoms with Crippen LogP contribution in [0.4, 0.5) is 5.69 Å². The largest absolute Gasteiger partial charge is 0.503 e. The summed E-state index contributed by atoms with van der Waals surface area (Å²) in [6.07, 6.45) is 1.28. The average molecular weight is 364 g/mol. The Bertz CT molecular complexity index is 944. The number of nitrogens with zero attached hydrogens (tertiary/aromatic N) is 2. The van der Waals surface area contributed by atoms with Gasteiger partial charge in [0, 0.05) is 0 Å². The lowest BCUT2D eigenvalue weighted by molar-refractivity contribution is -0.133. The van der Waals surface area contributed by atoms with E-state index in [4.69, 9.17) is 9.47 Å². The number of carbonyl (C=O) groups is 2. The molecule has 2 aromatic rings. The van der Waals surface area contributed by atoms with Crippen LogP contribution >= 0.6 is 0 Å². The normalized spacial score (nSPS) is 15.4. The van der Waals surface area contributed by atoms with Gasteiger partial charge in [-0.05, 0) is 37.3 Å². The maximum atomic E-state index is 11.8. The average Bonchev–Trinajstić information content (AvgIpc) is 2.95. The fraction of sp³-hybridized carbons (Fsp3) is 0.100. The molecular formula is C20H16N2O5. The van der Waals surface area contributed by atoms with E-state index in [-0.39, 0.29) is 18.1 Å². The summed E-state index contributed by atoms with van der Waals surface area (Å²) >= 11 is 0. The second-order valence-electron chi connectivity index (χ2n) is 5.66. The molecule has 27 heavy (non-hydrogen) atoms. The fourth-order valence-corrected chi connectivity index (χ4v) is 2.21. The van der Waals surface area contributed by atoms with Crippen LogP contribution in [0.25, 0.3) is 0 Å². The van der Waals surface area contributed by atoms with Gasteiger partial charge >= 0.3 is 11.9 Å². The van der Waals surface area contributed by atoms with Crippen LogP contribution in [0.1, 0.15) is 15.9 Å². The molecule has 0 fully saturated rings. The Morgan fingerprint density at radius 1 is 1.11 bits per heavy atom. The third-order valence-electron chi connectivity index (χ3n) is 3.65. The van der Waals surface area contributed by atoms with Crippen molar-refractivity contribution in [1.29, 1.82) is 0 Å². The first-order chi connectivity index (χ1) is 13.0. The molecule has 1 N–H and O–H groups in total. The SMILES string of the molecule is Cc1ccc(N=NC2=C(O)/C(=C/COC(=O)c3ccccc3)OC2=O)cc1. The van der Waals surface area contributed by atoms with Gasteiger partial charge in [-0.2, -0.15) is 5.11 Å². The Labute approximate surface area is 155 Å². The van der Waals surface area contributed by atoms with Crippen LogP contribution in [-0.2, 0) is 14.3 Å². The standard InChI is InChI=1S/C20H16N2O5/c1-13-7-9-15(10-8-13)21-22-17-18(23)16(27-20(17)25)11-12-26-19(24)14-5-3-2-4-6-14/h2-11,23H,12H2,1H3/b16-11-,22-21?. The Hall–Kier alpha value is -3.74. The van der Waals surface area contributed by atoms with Gasteiger partial charge in [0.2, 0.25) is 5.70 Å². The zero-order chi connectivity index (χ0) is 19.2. The van der Waals surface area contributed by atoms with Crippen molar-refractivity contribution in [3.8, 4) is 0 Å². The maximum Gasteiger partial charge on any atom is 0.368 e. The highest BCUT2D eigenvalue weighted by Crippen LogP contribution is 2.26. The summed E-state index contributed by atoms with van der Waals surface area (Å²) in [5.74, 6) is -1.94. The van der Waals surface area contributed by atoms with Gasteiger partial charge in [-0.15, -0.1) is 5.11 Å². The molecule has 0 atom stereocenters. The van der Waals surface area contributed by atoms with Crippen molar-refractivity contribution in [2.75, 3.05) is 6.61 Å². The molecule has 0 saturated carbocycles. The van der Waals surface area contributed by atoms with Crippen molar-refractivity contribution in [3.63, 3.8) is 0 Å². The molecule has 0 amide bonds. The van der Waals surface area contributed by atoms with E-state index >= 15 is 0 Å². The minimum absolute atomic E-state index is 0.126. The Morgan fingerprint density at radius 2 is 1.81 bits per heavy atom. The van der Waals surface area contributed by atoms with Gasteiger partial charge in [0.15, 0.2) is 11.5 Å². The molecule has 0 spiro atoms. The number of aryl methyl sites for hydroxylation is 1. The number of aliphatic hydroxyl groups excluding tert-OH is 1. The van der Waals surface area contributed by atoms with E-state index in [2.05, 4.69) is 10.2 Å². The van der Waals surface area contributed by atoms with Crippen molar-refractivity contribution in [2.45, 2.75) is 6.92 Å². The van der Waals surface area contributed by atoms with E-state index in [0.29, 0.717) is 11.3 Å². The highest BCUT2D eigenvalue weighted by atomic mass is 16.6. The lowest BCUT2D eigenvalue weighted by atomic mass is 10.2. The van der Waals surface area contributed by atoms with Gasteiger partial charge in [-0.25, -0.2) is 9.59 Å². The van der Waals surface area contributed by atoms with Crippen LogP contribution in [0.15, 0.2) is 88.1 Å². The molecule has 2 aromatic carbocycles. The second kappa shape index (κ2) is 8.09. The number of benzene rings is 2. The van der Waals surface area contributed by atoms with Crippen LogP contribution in [0, 0.1) is 6.92 Å². The molecule has 0 aliphatic carbocycles. The third-order valence-corrected chi connectivity index (χ3v) is 3.65. The third kappa shape index (κ3) is 4.46. The minimum atomic E-state index is -0.830. The number of aliphatic hydroxyl groups is 1. The van der Waals surface area contributed by atoms with E-state index in [1.165, 1.54) is 6.08 Å². The van der Waals surface area contributed by atoms with Crippen molar-refractivity contribution in [2.24, 2.45) is 10.2 Å². The first-order valence-electron chi connectivity index (χ1n) is 8.11. The zero-order valence-corrected chi connectivity index (χ0v) is 14.5. The van der Waals surface area contributed by atoms with Crippen LogP contribution in [0.3, 0.4) is 0 Å². The Morgan fingerprint density at radius 3 is 2.52 bits per heavy atom. The number of carbonyl (C=O) groups excluding carboxylic acids is 2. The van der Waals surface area contributed by atoms with Crippen LogP contribution in [0.2, 0.25) is 0 Å². The molecule has 0 bridgehead atoms. The molecule has 1 aliphatic heterocycles. The van der Waals surface area contributed by atoms with Crippen LogP contribution < -0.4 is 0 Å². The molecule has 7 nitrogen and oxygen atoms in total. The lowest BCUT2D eigenvalue weighted by Crippen LogP contribution is -2.05. The molecular weight excluding hydrogens is 348 g/mol. The predicted octanol–water partition coefficient (Wildman–Crippen LogP) is 4.15. The molecule has 0 unspecified atom stereocenters. The first kappa shape index (κ1) is 18.1. The summed E-state index contributed by atoms with van der Waals surface area (Å²) in [5.41, 5.74) is 1.68. The number of ether oxygens (including phenoxy) is 2. The second-order valence-corrected chi connectivity index (χ2v) is 5.66. The summed E-state index contributed by atoms with van der Waals surface area (Å²) in [4.78, 5) is 23.7. The van der Waals surface area contributed by atoms with Crippen LogP contribution in [-0.4, -0.2) is 23.7 Å². The van der Waals surface area contributed by atoms with Gasteiger partial charge in [0.05, 0.1) is 11.3 Å². The van der Waals surface area contributed by atoms with Gasteiger partial charge in [0.1, 0.15) is 6.61 Å². The lowest BCUT2D eigenvalue weighted by Gasteiger charge is -2.02. The van der Waals surface area contributed by atoms with Crippen molar-refractivity contribution < 1.29 is 24.2 Å². The molecule has 136 valence electrons. The first-order valence-corrected chi connectivity index (χ1v) is 8.11. The smallest absolute Gasteiger partial charge is 0.368 e. The van der Waals surface area contributed by atoms with Crippen molar-refractivity contribution in [3.05, 3.63) is 89.0 Å². The molecule has 1 heterocycles. The van der Waals surface area contributed by atoms with Gasteiger partial charge in [-0.3, -0.25) is 0 Å². The van der Waals surface area contributed by atoms with E-state index in [1.807, 2.05) is 19.1 Å². The van der Waals surface area contributed by atoms with E-state index in [9.17, 15) is 14.7 Å². The highest BCUT2D eigenvalue weighted by Gasteiger charge is 2.30. The summed E-state index contributed by atoms with van der Waals surface area (Å²) < 4.78 is 9.99. The summed E-state index contributed by atoms with van der Waals surface area (Å²) in [6.45, 7) is 1.76. The molecule has 1 aliphatic rings. The zero-order valence-electron chi connectivity index (χ0n) is 14.5. The number of esters is 2. The topological polar surface area (TPSA) is 97.6 Å². The van der Waals surface area contributed by atoms with Gasteiger partial charge in [-0.1, -0.05) is 35.9 Å². The summed E-state index contributed by atoms with van der Waals surface area (Å²) in [7, 11) is 0. The predicted molar refractivity (Wildman–Crippen MR) is 96.2 cm³/mol. The highest BCUT2D eigenvalue weighted by molar-refractivity contribution is 5.93. The van der Waals surface area contributed by atoms with E-state index in [0.717, 1.165) is 5.56 Å². The molecule has 7 heteroatoms. The van der Waals surface area contributed by atoms with Crippen molar-refractivity contribution >= 4 is 17.6 Å². The number of cyclic esters (lactones) is 1. The summed E-state index contributed by atoms with van der Waals surface area (Å²) in [5, 5.41) is 17.8. The molecule has 3 rings (SSSR count). The number of azo groups is 1. The molecule has 0 radical (unpaired) electrons. The number of hydrogen-bond acceptors (Lipinski definition) is 7. The van der Waals surface area contributed by atoms with E-state index < -0.39 is 17.7 Å². The molecule has 0 saturated heterocycles.